The SMILES string of the molecule is CC1(C)c2cc(/C=C/c3ccc4c(c3)C3(CCCC3)c3cc(N5CCCc6ccccc65)ccc3-4)ccc2-c2ccc(N3c4ccccc4Sc4ccccc43)cc21. The van der Waals surface area contributed by atoms with Gasteiger partial charge in [-0.1, -0.05) is 142 Å². The minimum absolute atomic E-state index is 0.110. The number of aryl methyl sites for hydroxylation is 1. The maximum atomic E-state index is 2.57. The molecule has 0 amide bonds. The van der Waals surface area contributed by atoms with Crippen LogP contribution in [0.1, 0.15) is 84.9 Å². The predicted molar refractivity (Wildman–Crippen MR) is 245 cm³/mol. The monoisotopic (exact) mass is 766 g/mol. The smallest absolute Gasteiger partial charge is 0.0601 e. The summed E-state index contributed by atoms with van der Waals surface area (Å²) in [6, 6.07) is 55.5. The Morgan fingerprint density at radius 2 is 1.02 bits per heavy atom. The van der Waals surface area contributed by atoms with Crippen molar-refractivity contribution in [2.45, 2.75) is 73.0 Å². The number of fused-ring (bicyclic) bond motifs is 11. The zero-order valence-electron chi connectivity index (χ0n) is 33.3. The number of anilines is 5. The first-order valence-corrected chi connectivity index (χ1v) is 22.1. The zero-order chi connectivity index (χ0) is 38.6. The Morgan fingerprint density at radius 1 is 0.500 bits per heavy atom. The highest BCUT2D eigenvalue weighted by Crippen LogP contribution is 2.59. The van der Waals surface area contributed by atoms with E-state index in [9.17, 15) is 0 Å². The lowest BCUT2D eigenvalue weighted by Gasteiger charge is -2.33. The van der Waals surface area contributed by atoms with E-state index in [0.717, 1.165) is 6.54 Å². The standard InChI is InChI=1S/C55H46N2S/c1-54(2)45-32-36(21-25-41(45)42-28-24-40(35-46(42)54)57-50-15-5-7-17-52(50)58-53-18-8-6-16-51(53)57)19-20-37-22-26-43-44-27-23-39(56-31-11-13-38-12-3-4-14-49(38)56)34-48(44)55(47(43)33-37)29-9-10-30-55/h3-8,12,14-28,32-35H,9-11,13,29-31H2,1-2H3/b20-19+. The first-order chi connectivity index (χ1) is 28.5. The van der Waals surface area contributed by atoms with Gasteiger partial charge >= 0.3 is 0 Å². The van der Waals surface area contributed by atoms with Crippen LogP contribution in [0.25, 0.3) is 34.4 Å². The van der Waals surface area contributed by atoms with Crippen LogP contribution in [0.2, 0.25) is 0 Å². The second-order valence-corrected chi connectivity index (χ2v) is 18.7. The lowest BCUT2D eigenvalue weighted by molar-refractivity contribution is 0.549. The quantitative estimate of drug-likeness (QED) is 0.165. The molecule has 3 heteroatoms. The molecule has 0 aromatic heterocycles. The summed E-state index contributed by atoms with van der Waals surface area (Å²) in [4.78, 5) is 7.60. The minimum atomic E-state index is -0.128. The molecule has 1 saturated carbocycles. The van der Waals surface area contributed by atoms with Crippen LogP contribution in [0.3, 0.4) is 0 Å². The number of rotatable bonds is 4. The van der Waals surface area contributed by atoms with Gasteiger partial charge in [-0.15, -0.1) is 0 Å². The largest absolute Gasteiger partial charge is 0.341 e. The fourth-order valence-electron chi connectivity index (χ4n) is 11.3. The van der Waals surface area contributed by atoms with Crippen LogP contribution < -0.4 is 9.80 Å². The number of benzene rings is 7. The molecule has 2 aliphatic heterocycles. The fraction of sp³-hybridized carbons (Fsp3) is 0.200. The third-order valence-electron chi connectivity index (χ3n) is 14.1. The maximum Gasteiger partial charge on any atom is 0.0601 e. The van der Waals surface area contributed by atoms with Crippen molar-refractivity contribution in [3.63, 3.8) is 0 Å². The summed E-state index contributed by atoms with van der Waals surface area (Å²) in [6.45, 7) is 5.88. The normalized spacial score (nSPS) is 17.4. The van der Waals surface area contributed by atoms with Gasteiger partial charge in [-0.25, -0.2) is 0 Å². The van der Waals surface area contributed by atoms with Crippen molar-refractivity contribution < 1.29 is 0 Å². The van der Waals surface area contributed by atoms with E-state index in [2.05, 4.69) is 181 Å². The van der Waals surface area contributed by atoms with Gasteiger partial charge in [0.25, 0.3) is 0 Å². The lowest BCUT2D eigenvalue weighted by Crippen LogP contribution is -2.25. The molecule has 7 aromatic rings. The molecular formula is C55H46N2S. The van der Waals surface area contributed by atoms with E-state index in [1.165, 1.54) is 132 Å². The van der Waals surface area contributed by atoms with Crippen molar-refractivity contribution in [3.8, 4) is 22.3 Å². The topological polar surface area (TPSA) is 6.48 Å². The van der Waals surface area contributed by atoms with Gasteiger partial charge in [0, 0.05) is 44.2 Å². The van der Waals surface area contributed by atoms with Crippen molar-refractivity contribution in [3.05, 3.63) is 185 Å². The molecule has 58 heavy (non-hydrogen) atoms. The lowest BCUT2D eigenvalue weighted by atomic mass is 9.76. The molecule has 0 N–H and O–H groups in total. The number of hydrogen-bond donors (Lipinski definition) is 0. The van der Waals surface area contributed by atoms with Crippen LogP contribution in [0, 0.1) is 0 Å². The average Bonchev–Trinajstić information content (AvgIpc) is 3.93. The van der Waals surface area contributed by atoms with Gasteiger partial charge in [0.1, 0.15) is 0 Å². The van der Waals surface area contributed by atoms with Gasteiger partial charge in [0.2, 0.25) is 0 Å². The molecule has 2 nitrogen and oxygen atoms in total. The Labute approximate surface area is 346 Å². The van der Waals surface area contributed by atoms with Gasteiger partial charge in [-0.3, -0.25) is 0 Å². The predicted octanol–water partition coefficient (Wildman–Crippen LogP) is 15.0. The van der Waals surface area contributed by atoms with E-state index in [4.69, 9.17) is 0 Å². The van der Waals surface area contributed by atoms with E-state index >= 15 is 0 Å². The molecule has 7 aromatic carbocycles. The van der Waals surface area contributed by atoms with Crippen LogP contribution in [-0.2, 0) is 17.3 Å². The zero-order valence-corrected chi connectivity index (χ0v) is 34.1. The number of nitrogens with zero attached hydrogens (tertiary/aromatic N) is 2. The highest BCUT2D eigenvalue weighted by molar-refractivity contribution is 7.99. The van der Waals surface area contributed by atoms with Gasteiger partial charge in [-0.2, -0.15) is 0 Å². The molecule has 12 rings (SSSR count). The Morgan fingerprint density at radius 3 is 1.71 bits per heavy atom. The molecule has 0 bridgehead atoms. The summed E-state index contributed by atoms with van der Waals surface area (Å²) in [5.74, 6) is 0. The van der Waals surface area contributed by atoms with Crippen molar-refractivity contribution >= 4 is 52.4 Å². The number of para-hydroxylation sites is 3. The Balaban J connectivity index is 0.857. The summed E-state index contributed by atoms with van der Waals surface area (Å²) in [7, 11) is 0. The molecule has 1 fully saturated rings. The van der Waals surface area contributed by atoms with Gasteiger partial charge < -0.3 is 9.80 Å². The number of hydrogen-bond acceptors (Lipinski definition) is 3. The summed E-state index contributed by atoms with van der Waals surface area (Å²) in [5.41, 5.74) is 21.9. The van der Waals surface area contributed by atoms with Crippen LogP contribution >= 0.6 is 11.8 Å². The first kappa shape index (κ1) is 34.3. The second kappa shape index (κ2) is 12.9. The summed E-state index contributed by atoms with van der Waals surface area (Å²) >= 11 is 1.86. The van der Waals surface area contributed by atoms with Crippen molar-refractivity contribution in [1.82, 2.24) is 0 Å². The minimum Gasteiger partial charge on any atom is -0.341 e. The van der Waals surface area contributed by atoms with E-state index < -0.39 is 0 Å². The molecule has 282 valence electrons. The molecule has 5 aliphatic rings. The molecule has 1 spiro atoms. The average molecular weight is 767 g/mol. The fourth-order valence-corrected chi connectivity index (χ4v) is 12.3. The second-order valence-electron chi connectivity index (χ2n) is 17.6. The molecule has 2 heterocycles. The molecule has 0 atom stereocenters. The van der Waals surface area contributed by atoms with Crippen molar-refractivity contribution in [1.29, 1.82) is 0 Å². The summed E-state index contributed by atoms with van der Waals surface area (Å²) in [6.07, 6.45) is 12.1. The van der Waals surface area contributed by atoms with Gasteiger partial charge in [0.15, 0.2) is 0 Å². The van der Waals surface area contributed by atoms with E-state index in [0.29, 0.717) is 0 Å². The third kappa shape index (κ3) is 5.05. The van der Waals surface area contributed by atoms with Crippen molar-refractivity contribution in [2.75, 3.05) is 16.3 Å². The molecule has 0 saturated heterocycles. The molecular weight excluding hydrogens is 721 g/mol. The van der Waals surface area contributed by atoms with E-state index in [1.54, 1.807) is 5.56 Å². The van der Waals surface area contributed by atoms with E-state index in [1.807, 2.05) is 11.8 Å². The van der Waals surface area contributed by atoms with Gasteiger partial charge in [-0.05, 0) is 141 Å². The van der Waals surface area contributed by atoms with Crippen molar-refractivity contribution in [2.24, 2.45) is 0 Å². The maximum absolute atomic E-state index is 2.57. The van der Waals surface area contributed by atoms with Crippen LogP contribution in [0.4, 0.5) is 28.4 Å². The summed E-state index contributed by atoms with van der Waals surface area (Å²) in [5, 5.41) is 0. The Kier molecular flexibility index (Phi) is 7.61. The van der Waals surface area contributed by atoms with Crippen LogP contribution in [-0.4, -0.2) is 6.54 Å². The molecule has 0 unspecified atom stereocenters. The highest BCUT2D eigenvalue weighted by atomic mass is 32.2. The van der Waals surface area contributed by atoms with Crippen LogP contribution in [0.15, 0.2) is 155 Å². The molecule has 0 radical (unpaired) electrons. The Bertz CT molecular complexity index is 2810. The summed E-state index contributed by atoms with van der Waals surface area (Å²) < 4.78 is 0. The first-order valence-electron chi connectivity index (χ1n) is 21.2. The van der Waals surface area contributed by atoms with Gasteiger partial charge in [0.05, 0.1) is 11.4 Å². The van der Waals surface area contributed by atoms with Crippen LogP contribution in [0.5, 0.6) is 0 Å². The Hall–Kier alpha value is -5.77. The van der Waals surface area contributed by atoms with E-state index in [-0.39, 0.29) is 10.8 Å². The highest BCUT2D eigenvalue weighted by Gasteiger charge is 2.45. The third-order valence-corrected chi connectivity index (χ3v) is 15.2. The molecule has 3 aliphatic carbocycles.